The molecule has 0 unspecified atom stereocenters. The van der Waals surface area contributed by atoms with Gasteiger partial charge in [0.25, 0.3) is 0 Å². The average molecular weight is 192 g/mol. The number of rotatable bonds is 1. The molecular formula is C10H12N2O2. The second-order valence-corrected chi connectivity index (χ2v) is 3.46. The number of pyridine rings is 1. The summed E-state index contributed by atoms with van der Waals surface area (Å²) in [6.45, 7) is 3.38. The van der Waals surface area contributed by atoms with Crippen LogP contribution < -0.4 is 5.32 Å². The van der Waals surface area contributed by atoms with Crippen LogP contribution in [0, 0.1) is 6.92 Å². The molecule has 1 aromatic heterocycles. The monoisotopic (exact) mass is 192 g/mol. The van der Waals surface area contributed by atoms with E-state index in [-0.39, 0.29) is 0 Å². The first-order chi connectivity index (χ1) is 6.68. The Hall–Kier alpha value is -1.42. The van der Waals surface area contributed by atoms with Crippen molar-refractivity contribution in [1.29, 1.82) is 0 Å². The van der Waals surface area contributed by atoms with Gasteiger partial charge in [0.05, 0.1) is 17.0 Å². The molecule has 1 aromatic rings. The van der Waals surface area contributed by atoms with Gasteiger partial charge >= 0.3 is 5.97 Å². The van der Waals surface area contributed by atoms with Gasteiger partial charge in [0.15, 0.2) is 0 Å². The lowest BCUT2D eigenvalue weighted by atomic mass is 10.0. The first-order valence-electron chi connectivity index (χ1n) is 4.62. The summed E-state index contributed by atoms with van der Waals surface area (Å²) < 4.78 is 0. The number of carboxylic acid groups (broad SMARTS) is 1. The van der Waals surface area contributed by atoms with Crippen molar-refractivity contribution in [3.05, 3.63) is 28.6 Å². The highest BCUT2D eigenvalue weighted by molar-refractivity contribution is 5.89. The molecule has 0 aromatic carbocycles. The Morgan fingerprint density at radius 2 is 2.43 bits per heavy atom. The molecule has 4 heteroatoms. The van der Waals surface area contributed by atoms with Crippen molar-refractivity contribution in [2.45, 2.75) is 19.9 Å². The number of hydrogen-bond donors (Lipinski definition) is 2. The van der Waals surface area contributed by atoms with E-state index in [4.69, 9.17) is 5.11 Å². The number of aromatic nitrogens is 1. The minimum Gasteiger partial charge on any atom is -0.478 e. The third-order valence-electron chi connectivity index (χ3n) is 2.48. The lowest BCUT2D eigenvalue weighted by Gasteiger charge is -2.17. The molecule has 0 amide bonds. The van der Waals surface area contributed by atoms with Crippen molar-refractivity contribution < 1.29 is 9.90 Å². The van der Waals surface area contributed by atoms with E-state index in [1.165, 1.54) is 0 Å². The van der Waals surface area contributed by atoms with Crippen molar-refractivity contribution in [3.8, 4) is 0 Å². The Kier molecular flexibility index (Phi) is 2.21. The van der Waals surface area contributed by atoms with Crippen molar-refractivity contribution in [3.63, 3.8) is 0 Å². The summed E-state index contributed by atoms with van der Waals surface area (Å²) in [7, 11) is 0. The van der Waals surface area contributed by atoms with Crippen LogP contribution in [-0.4, -0.2) is 22.6 Å². The van der Waals surface area contributed by atoms with Crippen LogP contribution in [0.25, 0.3) is 0 Å². The summed E-state index contributed by atoms with van der Waals surface area (Å²) in [6, 6.07) is 1.75. The fraction of sp³-hybridized carbons (Fsp3) is 0.400. The molecular weight excluding hydrogens is 180 g/mol. The first kappa shape index (κ1) is 9.15. The van der Waals surface area contributed by atoms with E-state index in [1.54, 1.807) is 13.0 Å². The number of fused-ring (bicyclic) bond motifs is 1. The maximum atomic E-state index is 10.9. The number of carboxylic acids is 1. The summed E-state index contributed by atoms with van der Waals surface area (Å²) in [6.07, 6.45) is 0.864. The first-order valence-corrected chi connectivity index (χ1v) is 4.62. The fourth-order valence-electron chi connectivity index (χ4n) is 1.71. The van der Waals surface area contributed by atoms with Gasteiger partial charge in [-0.15, -0.1) is 0 Å². The van der Waals surface area contributed by atoms with Crippen molar-refractivity contribution in [2.75, 3.05) is 6.54 Å². The summed E-state index contributed by atoms with van der Waals surface area (Å²) in [4.78, 5) is 15.1. The SMILES string of the molecule is Cc1nc2c(cc1C(=O)O)CCNC2. The van der Waals surface area contributed by atoms with Gasteiger partial charge in [0.2, 0.25) is 0 Å². The zero-order valence-corrected chi connectivity index (χ0v) is 8.00. The van der Waals surface area contributed by atoms with Crippen LogP contribution in [0.3, 0.4) is 0 Å². The quantitative estimate of drug-likeness (QED) is 0.688. The van der Waals surface area contributed by atoms with E-state index in [0.29, 0.717) is 11.3 Å². The van der Waals surface area contributed by atoms with Crippen molar-refractivity contribution in [1.82, 2.24) is 10.3 Å². The molecule has 74 valence electrons. The summed E-state index contributed by atoms with van der Waals surface area (Å²) in [5.74, 6) is -0.892. The third-order valence-corrected chi connectivity index (χ3v) is 2.48. The maximum absolute atomic E-state index is 10.9. The molecule has 0 radical (unpaired) electrons. The number of nitrogens with zero attached hydrogens (tertiary/aromatic N) is 1. The zero-order valence-electron chi connectivity index (χ0n) is 8.00. The number of aromatic carboxylic acids is 1. The molecule has 1 aliphatic heterocycles. The Morgan fingerprint density at radius 1 is 1.64 bits per heavy atom. The number of aryl methyl sites for hydroxylation is 1. The molecule has 0 saturated carbocycles. The largest absolute Gasteiger partial charge is 0.478 e. The highest BCUT2D eigenvalue weighted by Crippen LogP contribution is 2.16. The van der Waals surface area contributed by atoms with E-state index in [9.17, 15) is 4.79 Å². The van der Waals surface area contributed by atoms with E-state index in [2.05, 4.69) is 10.3 Å². The minimum absolute atomic E-state index is 0.325. The van der Waals surface area contributed by atoms with Crippen LogP contribution in [0.4, 0.5) is 0 Å². The van der Waals surface area contributed by atoms with Gasteiger partial charge < -0.3 is 10.4 Å². The molecule has 0 fully saturated rings. The van der Waals surface area contributed by atoms with Crippen molar-refractivity contribution >= 4 is 5.97 Å². The van der Waals surface area contributed by atoms with Gasteiger partial charge in [-0.25, -0.2) is 4.79 Å². The van der Waals surface area contributed by atoms with E-state index in [0.717, 1.165) is 30.8 Å². The molecule has 14 heavy (non-hydrogen) atoms. The molecule has 0 spiro atoms. The van der Waals surface area contributed by atoms with Crippen LogP contribution in [0.15, 0.2) is 6.07 Å². The number of nitrogens with one attached hydrogen (secondary N) is 1. The van der Waals surface area contributed by atoms with Crippen LogP contribution in [0.1, 0.15) is 27.3 Å². The van der Waals surface area contributed by atoms with Gasteiger partial charge in [-0.2, -0.15) is 0 Å². The average Bonchev–Trinajstić information content (AvgIpc) is 2.16. The fourth-order valence-corrected chi connectivity index (χ4v) is 1.71. The van der Waals surface area contributed by atoms with Crippen LogP contribution in [0.5, 0.6) is 0 Å². The zero-order chi connectivity index (χ0) is 10.1. The molecule has 0 aliphatic carbocycles. The molecule has 4 nitrogen and oxygen atoms in total. The molecule has 0 saturated heterocycles. The summed E-state index contributed by atoms with van der Waals surface area (Å²) in [5, 5.41) is 12.1. The summed E-state index contributed by atoms with van der Waals surface area (Å²) in [5.41, 5.74) is 2.97. The molecule has 1 aliphatic rings. The predicted molar refractivity (Wildman–Crippen MR) is 51.3 cm³/mol. The van der Waals surface area contributed by atoms with Gasteiger partial charge in [0, 0.05) is 6.54 Å². The number of hydrogen-bond acceptors (Lipinski definition) is 3. The van der Waals surface area contributed by atoms with Gasteiger partial charge in [-0.1, -0.05) is 0 Å². The second-order valence-electron chi connectivity index (χ2n) is 3.46. The molecule has 0 bridgehead atoms. The van der Waals surface area contributed by atoms with Gasteiger partial charge in [0.1, 0.15) is 0 Å². The molecule has 2 heterocycles. The highest BCUT2D eigenvalue weighted by atomic mass is 16.4. The topological polar surface area (TPSA) is 62.2 Å². The second kappa shape index (κ2) is 3.38. The Bertz CT molecular complexity index is 388. The molecule has 0 atom stereocenters. The van der Waals surface area contributed by atoms with Crippen LogP contribution in [0.2, 0.25) is 0 Å². The lowest BCUT2D eigenvalue weighted by Crippen LogP contribution is -2.25. The Balaban J connectivity index is 2.50. The minimum atomic E-state index is -0.892. The lowest BCUT2D eigenvalue weighted by molar-refractivity contribution is 0.0695. The van der Waals surface area contributed by atoms with Crippen LogP contribution in [-0.2, 0) is 13.0 Å². The van der Waals surface area contributed by atoms with Crippen molar-refractivity contribution in [2.24, 2.45) is 0 Å². The van der Waals surface area contributed by atoms with E-state index >= 15 is 0 Å². The smallest absolute Gasteiger partial charge is 0.337 e. The highest BCUT2D eigenvalue weighted by Gasteiger charge is 2.15. The number of carbonyl (C=O) groups is 1. The van der Waals surface area contributed by atoms with E-state index < -0.39 is 5.97 Å². The predicted octanol–water partition coefficient (Wildman–Crippen LogP) is 0.734. The van der Waals surface area contributed by atoms with Gasteiger partial charge in [-0.3, -0.25) is 4.98 Å². The molecule has 2 rings (SSSR count). The van der Waals surface area contributed by atoms with Gasteiger partial charge in [-0.05, 0) is 31.5 Å². The van der Waals surface area contributed by atoms with Crippen LogP contribution >= 0.6 is 0 Å². The molecule has 2 N–H and O–H groups in total. The normalized spacial score (nSPS) is 14.9. The third kappa shape index (κ3) is 1.48. The Morgan fingerprint density at radius 3 is 3.14 bits per heavy atom. The Labute approximate surface area is 82.0 Å². The maximum Gasteiger partial charge on any atom is 0.337 e. The summed E-state index contributed by atoms with van der Waals surface area (Å²) >= 11 is 0. The standard InChI is InChI=1S/C10H12N2O2/c1-6-8(10(13)14)4-7-2-3-11-5-9(7)12-6/h4,11H,2-3,5H2,1H3,(H,13,14). The van der Waals surface area contributed by atoms with E-state index in [1.807, 2.05) is 0 Å².